The van der Waals surface area contributed by atoms with Crippen molar-refractivity contribution in [2.45, 2.75) is 33.1 Å². The fourth-order valence-electron chi connectivity index (χ4n) is 2.18. The van der Waals surface area contributed by atoms with Gasteiger partial charge in [-0.3, -0.25) is 4.98 Å². The molecule has 2 aromatic rings. The predicted molar refractivity (Wildman–Crippen MR) is 76.7 cm³/mol. The van der Waals surface area contributed by atoms with Gasteiger partial charge >= 0.3 is 0 Å². The zero-order chi connectivity index (χ0) is 13.7. The van der Waals surface area contributed by atoms with Crippen molar-refractivity contribution < 1.29 is 9.53 Å². The number of unbranched alkanes of at least 4 members (excludes halogenated alkanes) is 1. The Morgan fingerprint density at radius 1 is 1.42 bits per heavy atom. The van der Waals surface area contributed by atoms with Gasteiger partial charge in [-0.2, -0.15) is 0 Å². The second kappa shape index (κ2) is 6.32. The number of rotatable bonds is 6. The fraction of sp³-hybridized carbons (Fsp3) is 0.375. The van der Waals surface area contributed by atoms with Crippen molar-refractivity contribution in [3.05, 3.63) is 35.5 Å². The minimum Gasteiger partial charge on any atom is -0.491 e. The summed E-state index contributed by atoms with van der Waals surface area (Å²) in [6.07, 6.45) is 5.13. The third kappa shape index (κ3) is 2.92. The topological polar surface area (TPSA) is 39.2 Å². The number of hydrogen-bond acceptors (Lipinski definition) is 3. The number of carbonyl (C=O) groups is 1. The van der Waals surface area contributed by atoms with Crippen molar-refractivity contribution in [2.24, 2.45) is 0 Å². The normalized spacial score (nSPS) is 10.6. The van der Waals surface area contributed by atoms with Crippen molar-refractivity contribution in [2.75, 3.05) is 6.61 Å². The molecule has 0 unspecified atom stereocenters. The number of aromatic nitrogens is 1. The van der Waals surface area contributed by atoms with E-state index < -0.39 is 0 Å². The molecule has 0 bridgehead atoms. The van der Waals surface area contributed by atoms with Crippen molar-refractivity contribution in [1.82, 2.24) is 4.98 Å². The van der Waals surface area contributed by atoms with E-state index in [1.807, 2.05) is 25.1 Å². The molecular weight excluding hydrogens is 238 g/mol. The van der Waals surface area contributed by atoms with Crippen LogP contribution in [-0.2, 0) is 11.2 Å². The van der Waals surface area contributed by atoms with E-state index in [9.17, 15) is 4.79 Å². The second-order valence-electron chi connectivity index (χ2n) is 4.65. The molecule has 100 valence electrons. The van der Waals surface area contributed by atoms with Crippen LogP contribution < -0.4 is 4.74 Å². The molecule has 0 fully saturated rings. The van der Waals surface area contributed by atoms with Crippen molar-refractivity contribution >= 4 is 17.2 Å². The Hall–Kier alpha value is -1.90. The number of benzene rings is 1. The van der Waals surface area contributed by atoms with Gasteiger partial charge in [0.1, 0.15) is 17.6 Å². The molecule has 0 N–H and O–H groups in total. The van der Waals surface area contributed by atoms with Crippen LogP contribution in [0.15, 0.2) is 24.4 Å². The SMILES string of the molecule is CCCCOc1c(CC=O)cc(C)c2cccnc12. The van der Waals surface area contributed by atoms with Crippen LogP contribution in [-0.4, -0.2) is 17.9 Å². The summed E-state index contributed by atoms with van der Waals surface area (Å²) < 4.78 is 5.88. The average Bonchev–Trinajstić information content (AvgIpc) is 2.43. The lowest BCUT2D eigenvalue weighted by Gasteiger charge is -2.14. The number of aryl methyl sites for hydroxylation is 1. The van der Waals surface area contributed by atoms with Gasteiger partial charge in [0, 0.05) is 23.6 Å². The molecule has 0 aliphatic carbocycles. The van der Waals surface area contributed by atoms with E-state index in [1.165, 1.54) is 0 Å². The third-order valence-electron chi connectivity index (χ3n) is 3.18. The van der Waals surface area contributed by atoms with E-state index in [2.05, 4.69) is 11.9 Å². The Kier molecular flexibility index (Phi) is 4.50. The number of carbonyl (C=O) groups excluding carboxylic acids is 1. The quantitative estimate of drug-likeness (QED) is 0.587. The first-order chi connectivity index (χ1) is 9.27. The highest BCUT2D eigenvalue weighted by molar-refractivity contribution is 5.89. The first kappa shape index (κ1) is 13.5. The van der Waals surface area contributed by atoms with Crippen LogP contribution in [0.1, 0.15) is 30.9 Å². The van der Waals surface area contributed by atoms with Crippen LogP contribution in [0.5, 0.6) is 5.75 Å². The number of pyridine rings is 1. The zero-order valence-electron chi connectivity index (χ0n) is 11.5. The summed E-state index contributed by atoms with van der Waals surface area (Å²) in [6.45, 7) is 4.83. The summed E-state index contributed by atoms with van der Waals surface area (Å²) >= 11 is 0. The smallest absolute Gasteiger partial charge is 0.149 e. The number of nitrogens with zero attached hydrogens (tertiary/aromatic N) is 1. The molecule has 0 saturated heterocycles. The highest BCUT2D eigenvalue weighted by Gasteiger charge is 2.12. The first-order valence-corrected chi connectivity index (χ1v) is 6.71. The number of ether oxygens (including phenoxy) is 1. The van der Waals surface area contributed by atoms with Crippen molar-refractivity contribution in [1.29, 1.82) is 0 Å². The van der Waals surface area contributed by atoms with E-state index in [-0.39, 0.29) is 0 Å². The van der Waals surface area contributed by atoms with Gasteiger partial charge in [0.2, 0.25) is 0 Å². The lowest BCUT2D eigenvalue weighted by Crippen LogP contribution is -2.03. The monoisotopic (exact) mass is 257 g/mol. The standard InChI is InChI=1S/C16H19NO2/c1-3-4-10-19-16-13(7-9-18)11-12(2)14-6-5-8-17-15(14)16/h5-6,8-9,11H,3-4,7,10H2,1-2H3. The molecular formula is C16H19NO2. The van der Waals surface area contributed by atoms with E-state index in [0.717, 1.165) is 46.9 Å². The summed E-state index contributed by atoms with van der Waals surface area (Å²) in [6, 6.07) is 5.99. The minimum atomic E-state index is 0.370. The summed E-state index contributed by atoms with van der Waals surface area (Å²) in [5, 5.41) is 1.09. The van der Waals surface area contributed by atoms with Gasteiger partial charge in [-0.1, -0.05) is 25.5 Å². The molecule has 0 radical (unpaired) electrons. The second-order valence-corrected chi connectivity index (χ2v) is 4.65. The minimum absolute atomic E-state index is 0.370. The Labute approximate surface area is 113 Å². The lowest BCUT2D eigenvalue weighted by molar-refractivity contribution is -0.107. The molecule has 2 rings (SSSR count). The summed E-state index contributed by atoms with van der Waals surface area (Å²) in [7, 11) is 0. The Bertz CT molecular complexity index is 578. The van der Waals surface area contributed by atoms with Crippen LogP contribution in [0.2, 0.25) is 0 Å². The maximum absolute atomic E-state index is 10.8. The molecule has 0 aliphatic rings. The molecule has 1 aromatic heterocycles. The maximum atomic E-state index is 10.8. The molecule has 0 aliphatic heterocycles. The molecule has 0 amide bonds. The van der Waals surface area contributed by atoms with E-state index >= 15 is 0 Å². The molecule has 1 heterocycles. The summed E-state index contributed by atoms with van der Waals surface area (Å²) in [5.41, 5.74) is 2.91. The lowest BCUT2D eigenvalue weighted by atomic mass is 10.0. The first-order valence-electron chi connectivity index (χ1n) is 6.71. The molecule has 3 nitrogen and oxygen atoms in total. The van der Waals surface area contributed by atoms with Gasteiger partial charge in [-0.05, 0) is 25.0 Å². The van der Waals surface area contributed by atoms with Crippen LogP contribution >= 0.6 is 0 Å². The molecule has 1 aromatic carbocycles. The average molecular weight is 257 g/mol. The van der Waals surface area contributed by atoms with Crippen molar-refractivity contribution in [3.8, 4) is 5.75 Å². The van der Waals surface area contributed by atoms with Gasteiger partial charge in [-0.25, -0.2) is 0 Å². The van der Waals surface area contributed by atoms with Crippen molar-refractivity contribution in [3.63, 3.8) is 0 Å². The number of hydrogen-bond donors (Lipinski definition) is 0. The summed E-state index contributed by atoms with van der Waals surface area (Å²) in [4.78, 5) is 15.3. The van der Waals surface area contributed by atoms with Gasteiger partial charge in [0.25, 0.3) is 0 Å². The number of aldehydes is 1. The van der Waals surface area contributed by atoms with E-state index in [4.69, 9.17) is 4.74 Å². The third-order valence-corrected chi connectivity index (χ3v) is 3.18. The summed E-state index contributed by atoms with van der Waals surface area (Å²) in [5.74, 6) is 0.766. The van der Waals surface area contributed by atoms with Gasteiger partial charge < -0.3 is 9.53 Å². The number of fused-ring (bicyclic) bond motifs is 1. The Morgan fingerprint density at radius 3 is 3.00 bits per heavy atom. The van der Waals surface area contributed by atoms with Crippen LogP contribution in [0, 0.1) is 6.92 Å². The largest absolute Gasteiger partial charge is 0.491 e. The molecule has 0 spiro atoms. The highest BCUT2D eigenvalue weighted by Crippen LogP contribution is 2.31. The van der Waals surface area contributed by atoms with Crippen LogP contribution in [0.4, 0.5) is 0 Å². The Balaban J connectivity index is 2.51. The van der Waals surface area contributed by atoms with Gasteiger partial charge in [0.15, 0.2) is 0 Å². The Morgan fingerprint density at radius 2 is 2.26 bits per heavy atom. The molecule has 19 heavy (non-hydrogen) atoms. The highest BCUT2D eigenvalue weighted by atomic mass is 16.5. The zero-order valence-corrected chi connectivity index (χ0v) is 11.5. The van der Waals surface area contributed by atoms with Gasteiger partial charge in [-0.15, -0.1) is 0 Å². The van der Waals surface area contributed by atoms with Crippen LogP contribution in [0.3, 0.4) is 0 Å². The molecule has 0 saturated carbocycles. The predicted octanol–water partition coefficient (Wildman–Crippen LogP) is 3.46. The molecule has 3 heteroatoms. The van der Waals surface area contributed by atoms with Gasteiger partial charge in [0.05, 0.1) is 6.61 Å². The van der Waals surface area contributed by atoms with E-state index in [0.29, 0.717) is 13.0 Å². The molecule has 0 atom stereocenters. The maximum Gasteiger partial charge on any atom is 0.149 e. The fourth-order valence-corrected chi connectivity index (χ4v) is 2.18. The van der Waals surface area contributed by atoms with Crippen LogP contribution in [0.25, 0.3) is 10.9 Å². The van der Waals surface area contributed by atoms with E-state index in [1.54, 1.807) is 6.20 Å².